The topological polar surface area (TPSA) is 65.5 Å². The number of aromatic nitrogens is 1. The largest absolute Gasteiger partial charge is 0.396 e. The van der Waals surface area contributed by atoms with Gasteiger partial charge < -0.3 is 15.3 Å². The van der Waals surface area contributed by atoms with E-state index >= 15 is 0 Å². The zero-order valence-corrected chi connectivity index (χ0v) is 13.1. The van der Waals surface area contributed by atoms with Crippen molar-refractivity contribution in [3.8, 4) is 0 Å². The molecule has 1 aromatic rings. The number of amides is 1. The molecule has 0 saturated heterocycles. The van der Waals surface area contributed by atoms with Crippen molar-refractivity contribution in [2.75, 3.05) is 25.6 Å². The molecule has 20 heavy (non-hydrogen) atoms. The average molecular weight is 340 g/mol. The van der Waals surface area contributed by atoms with Crippen LogP contribution in [0.4, 0.5) is 5.82 Å². The fourth-order valence-electron chi connectivity index (χ4n) is 2.22. The summed E-state index contributed by atoms with van der Waals surface area (Å²) >= 11 is 3.34. The number of pyridine rings is 1. The number of halogens is 1. The molecule has 0 saturated carbocycles. The summed E-state index contributed by atoms with van der Waals surface area (Å²) in [5.74, 6) is 0.608. The number of carbonyl (C=O) groups is 1. The van der Waals surface area contributed by atoms with Gasteiger partial charge in [0, 0.05) is 43.3 Å². The van der Waals surface area contributed by atoms with Crippen molar-refractivity contribution in [2.24, 2.45) is 5.92 Å². The van der Waals surface area contributed by atoms with Gasteiger partial charge in [0.15, 0.2) is 0 Å². The highest BCUT2D eigenvalue weighted by Gasteiger charge is 2.22. The van der Waals surface area contributed by atoms with Crippen molar-refractivity contribution in [3.05, 3.63) is 34.5 Å². The number of hydrogen-bond acceptors (Lipinski definition) is 4. The molecule has 0 unspecified atom stereocenters. The maximum atomic E-state index is 12.4. The van der Waals surface area contributed by atoms with Crippen molar-refractivity contribution >= 4 is 27.7 Å². The Kier molecular flexibility index (Phi) is 4.77. The van der Waals surface area contributed by atoms with Crippen LogP contribution in [0.1, 0.15) is 16.8 Å². The molecule has 108 valence electrons. The van der Waals surface area contributed by atoms with E-state index < -0.39 is 0 Å². The van der Waals surface area contributed by atoms with E-state index in [2.05, 4.69) is 26.2 Å². The summed E-state index contributed by atoms with van der Waals surface area (Å²) in [6.07, 6.45) is 6.28. The Morgan fingerprint density at radius 3 is 2.90 bits per heavy atom. The Morgan fingerprint density at radius 1 is 1.55 bits per heavy atom. The maximum absolute atomic E-state index is 12.4. The van der Waals surface area contributed by atoms with Crippen LogP contribution < -0.4 is 10.2 Å². The van der Waals surface area contributed by atoms with Gasteiger partial charge in [0.2, 0.25) is 0 Å². The van der Waals surface area contributed by atoms with E-state index in [4.69, 9.17) is 5.11 Å². The standard InChI is InChI=1S/C14H18BrN3O2/c1-18(2)13-12(6-10(15)7-16-13)14(20)17-11-4-3-9(5-11)8-19/h3-4,6-7,9,11,19H,5,8H2,1-2H3,(H,17,20)/t9-,11+/m0/s1. The Bertz CT molecular complexity index is 531. The molecule has 0 radical (unpaired) electrons. The highest BCUT2D eigenvalue weighted by atomic mass is 79.9. The Labute approximate surface area is 126 Å². The van der Waals surface area contributed by atoms with Gasteiger partial charge in [-0.1, -0.05) is 12.2 Å². The van der Waals surface area contributed by atoms with Crippen LogP contribution in [-0.4, -0.2) is 42.7 Å². The molecule has 0 aromatic carbocycles. The summed E-state index contributed by atoms with van der Waals surface area (Å²) in [5, 5.41) is 12.1. The second-order valence-corrected chi connectivity index (χ2v) is 5.98. The number of aliphatic hydroxyl groups is 1. The quantitative estimate of drug-likeness (QED) is 0.817. The van der Waals surface area contributed by atoms with Gasteiger partial charge >= 0.3 is 0 Å². The molecule has 0 bridgehead atoms. The second-order valence-electron chi connectivity index (χ2n) is 5.06. The van der Waals surface area contributed by atoms with Gasteiger partial charge in [-0.15, -0.1) is 0 Å². The molecule has 2 atom stereocenters. The van der Waals surface area contributed by atoms with Crippen LogP contribution in [0.5, 0.6) is 0 Å². The van der Waals surface area contributed by atoms with Crippen LogP contribution in [0.15, 0.2) is 28.9 Å². The summed E-state index contributed by atoms with van der Waals surface area (Å²) in [4.78, 5) is 18.5. The molecule has 1 aliphatic rings. The van der Waals surface area contributed by atoms with Crippen molar-refractivity contribution in [1.82, 2.24) is 10.3 Å². The van der Waals surface area contributed by atoms with Gasteiger partial charge in [-0.2, -0.15) is 0 Å². The normalized spacial score (nSPS) is 21.0. The second kappa shape index (κ2) is 6.37. The minimum Gasteiger partial charge on any atom is -0.396 e. The first-order valence-electron chi connectivity index (χ1n) is 6.44. The van der Waals surface area contributed by atoms with Crippen LogP contribution >= 0.6 is 15.9 Å². The Morgan fingerprint density at radius 2 is 2.30 bits per heavy atom. The van der Waals surface area contributed by atoms with Crippen molar-refractivity contribution < 1.29 is 9.90 Å². The Hall–Kier alpha value is -1.40. The van der Waals surface area contributed by atoms with E-state index in [1.54, 1.807) is 12.3 Å². The fraction of sp³-hybridized carbons (Fsp3) is 0.429. The summed E-state index contributed by atoms with van der Waals surface area (Å²) in [5.41, 5.74) is 0.533. The lowest BCUT2D eigenvalue weighted by Crippen LogP contribution is -2.34. The molecule has 1 heterocycles. The first-order valence-corrected chi connectivity index (χ1v) is 7.23. The lowest BCUT2D eigenvalue weighted by atomic mass is 10.1. The summed E-state index contributed by atoms with van der Waals surface area (Å²) in [6.45, 7) is 0.115. The van der Waals surface area contributed by atoms with E-state index in [0.29, 0.717) is 11.4 Å². The molecule has 1 aromatic heterocycles. The van der Waals surface area contributed by atoms with E-state index in [0.717, 1.165) is 10.9 Å². The molecule has 1 aliphatic carbocycles. The third kappa shape index (κ3) is 3.37. The van der Waals surface area contributed by atoms with Gasteiger partial charge in [0.25, 0.3) is 5.91 Å². The van der Waals surface area contributed by atoms with Gasteiger partial charge in [-0.25, -0.2) is 4.98 Å². The predicted octanol–water partition coefficient (Wildman–Crippen LogP) is 1.58. The number of aliphatic hydroxyl groups excluding tert-OH is 1. The Balaban J connectivity index is 2.13. The summed E-state index contributed by atoms with van der Waals surface area (Å²) in [7, 11) is 3.70. The molecule has 0 spiro atoms. The number of nitrogens with zero attached hydrogens (tertiary/aromatic N) is 2. The fourth-order valence-corrected chi connectivity index (χ4v) is 2.55. The van der Waals surface area contributed by atoms with Crippen molar-refractivity contribution in [3.63, 3.8) is 0 Å². The smallest absolute Gasteiger partial charge is 0.255 e. The molecular formula is C14H18BrN3O2. The number of nitrogens with one attached hydrogen (secondary N) is 1. The average Bonchev–Trinajstić information content (AvgIpc) is 2.85. The van der Waals surface area contributed by atoms with Crippen LogP contribution in [-0.2, 0) is 0 Å². The summed E-state index contributed by atoms with van der Waals surface area (Å²) in [6, 6.07) is 1.73. The summed E-state index contributed by atoms with van der Waals surface area (Å²) < 4.78 is 0.767. The number of rotatable bonds is 4. The first kappa shape index (κ1) is 15.0. The molecule has 2 rings (SSSR count). The molecule has 0 aliphatic heterocycles. The molecule has 2 N–H and O–H groups in total. The minimum absolute atomic E-state index is 0.0337. The number of hydrogen-bond donors (Lipinski definition) is 2. The lowest BCUT2D eigenvalue weighted by molar-refractivity contribution is 0.0941. The molecule has 6 heteroatoms. The third-order valence-corrected chi connectivity index (χ3v) is 3.66. The predicted molar refractivity (Wildman–Crippen MR) is 81.9 cm³/mol. The first-order chi connectivity index (χ1) is 9.51. The van der Waals surface area contributed by atoms with Crippen LogP contribution in [0, 0.1) is 5.92 Å². The minimum atomic E-state index is -0.157. The zero-order chi connectivity index (χ0) is 14.7. The third-order valence-electron chi connectivity index (χ3n) is 3.22. The SMILES string of the molecule is CN(C)c1ncc(Br)cc1C(=O)N[C@@H]1C=C[C@H](CO)C1. The highest BCUT2D eigenvalue weighted by Crippen LogP contribution is 2.22. The monoisotopic (exact) mass is 339 g/mol. The molecular weight excluding hydrogens is 322 g/mol. The van der Waals surface area contributed by atoms with Gasteiger partial charge in [-0.3, -0.25) is 4.79 Å². The maximum Gasteiger partial charge on any atom is 0.255 e. The van der Waals surface area contributed by atoms with E-state index in [9.17, 15) is 4.79 Å². The van der Waals surface area contributed by atoms with E-state index in [-0.39, 0.29) is 24.5 Å². The van der Waals surface area contributed by atoms with Crippen molar-refractivity contribution in [2.45, 2.75) is 12.5 Å². The highest BCUT2D eigenvalue weighted by molar-refractivity contribution is 9.10. The molecule has 5 nitrogen and oxygen atoms in total. The number of anilines is 1. The van der Waals surface area contributed by atoms with Gasteiger partial charge in [0.1, 0.15) is 5.82 Å². The molecule has 1 amide bonds. The van der Waals surface area contributed by atoms with E-state index in [1.165, 1.54) is 0 Å². The van der Waals surface area contributed by atoms with E-state index in [1.807, 2.05) is 31.1 Å². The van der Waals surface area contributed by atoms with Crippen LogP contribution in [0.3, 0.4) is 0 Å². The zero-order valence-electron chi connectivity index (χ0n) is 11.5. The number of carbonyl (C=O) groups excluding carboxylic acids is 1. The van der Waals surface area contributed by atoms with Crippen LogP contribution in [0.25, 0.3) is 0 Å². The van der Waals surface area contributed by atoms with Gasteiger partial charge in [0.05, 0.1) is 5.56 Å². The van der Waals surface area contributed by atoms with Crippen LogP contribution in [0.2, 0.25) is 0 Å². The van der Waals surface area contributed by atoms with Gasteiger partial charge in [-0.05, 0) is 28.4 Å². The lowest BCUT2D eigenvalue weighted by Gasteiger charge is -2.18. The molecule has 0 fully saturated rings. The van der Waals surface area contributed by atoms with Crippen molar-refractivity contribution in [1.29, 1.82) is 0 Å².